The summed E-state index contributed by atoms with van der Waals surface area (Å²) in [6.45, 7) is 4.89. The predicted molar refractivity (Wildman–Crippen MR) is 103 cm³/mol. The predicted octanol–water partition coefficient (Wildman–Crippen LogP) is 2.71. The van der Waals surface area contributed by atoms with Crippen LogP contribution in [0.3, 0.4) is 0 Å². The van der Waals surface area contributed by atoms with Gasteiger partial charge in [-0.15, -0.1) is 5.10 Å². The lowest BCUT2D eigenvalue weighted by Gasteiger charge is -2.23. The van der Waals surface area contributed by atoms with Crippen LogP contribution in [0, 0.1) is 6.92 Å². The molecular weight excluding hydrogens is 380 g/mol. The van der Waals surface area contributed by atoms with Crippen molar-refractivity contribution in [1.29, 1.82) is 0 Å². The zero-order valence-corrected chi connectivity index (χ0v) is 15.8. The van der Waals surface area contributed by atoms with E-state index in [2.05, 4.69) is 30.9 Å². The molecule has 3 heterocycles. The van der Waals surface area contributed by atoms with Crippen molar-refractivity contribution in [1.82, 2.24) is 30.3 Å². The Balaban J connectivity index is 1.52. The van der Waals surface area contributed by atoms with Crippen molar-refractivity contribution in [3.05, 3.63) is 47.9 Å². The summed E-state index contributed by atoms with van der Waals surface area (Å²) in [5, 5.41) is 14.7. The molecule has 0 saturated carbocycles. The van der Waals surface area contributed by atoms with Gasteiger partial charge in [-0.2, -0.15) is 0 Å². The van der Waals surface area contributed by atoms with E-state index in [1.54, 1.807) is 4.68 Å². The molecule has 1 fully saturated rings. The second-order valence-electron chi connectivity index (χ2n) is 6.84. The molecule has 0 spiro atoms. The van der Waals surface area contributed by atoms with E-state index in [4.69, 9.17) is 4.74 Å². The van der Waals surface area contributed by atoms with Gasteiger partial charge in [0, 0.05) is 30.5 Å². The summed E-state index contributed by atoms with van der Waals surface area (Å²) in [5.74, 6) is 0.116. The van der Waals surface area contributed by atoms with E-state index >= 15 is 0 Å². The number of ether oxygens (including phenoxy) is 1. The maximum Gasteiger partial charge on any atom is 0.280 e. The highest BCUT2D eigenvalue weighted by molar-refractivity contribution is 5.68. The second kappa shape index (κ2) is 8.58. The Morgan fingerprint density at radius 3 is 3.03 bits per heavy atom. The van der Waals surface area contributed by atoms with Gasteiger partial charge in [-0.1, -0.05) is 5.21 Å². The molecule has 0 unspecified atom stereocenters. The van der Waals surface area contributed by atoms with Crippen LogP contribution in [0.4, 0.5) is 20.4 Å². The van der Waals surface area contributed by atoms with Gasteiger partial charge in [0.2, 0.25) is 5.95 Å². The fourth-order valence-corrected chi connectivity index (χ4v) is 3.15. The molecule has 29 heavy (non-hydrogen) atoms. The molecule has 0 radical (unpaired) electrons. The normalized spacial score (nSPS) is 16.9. The second-order valence-corrected chi connectivity index (χ2v) is 6.84. The van der Waals surface area contributed by atoms with Crippen LogP contribution in [0.1, 0.15) is 17.7 Å². The number of aryl methyl sites for hydroxylation is 1. The van der Waals surface area contributed by atoms with E-state index in [1.165, 1.54) is 12.3 Å². The molecule has 2 aromatic heterocycles. The number of morpholine rings is 1. The van der Waals surface area contributed by atoms with Gasteiger partial charge < -0.3 is 15.4 Å². The molecule has 1 atom stereocenters. The summed E-state index contributed by atoms with van der Waals surface area (Å²) in [6, 6.07) is 6.92. The fraction of sp³-hybridized carbons (Fsp3) is 0.368. The van der Waals surface area contributed by atoms with Crippen molar-refractivity contribution in [2.24, 2.45) is 0 Å². The molecule has 0 amide bonds. The quantitative estimate of drug-likeness (QED) is 0.656. The maximum atomic E-state index is 12.9. The molecule has 3 aromatic rings. The first-order chi connectivity index (χ1) is 14.1. The van der Waals surface area contributed by atoms with Crippen LogP contribution in [0.15, 0.2) is 36.7 Å². The number of benzene rings is 1. The molecule has 10 heteroatoms. The highest BCUT2D eigenvalue weighted by atomic mass is 19.3. The Morgan fingerprint density at radius 1 is 1.34 bits per heavy atom. The molecule has 8 nitrogen and oxygen atoms in total. The third-order valence-corrected chi connectivity index (χ3v) is 4.46. The van der Waals surface area contributed by atoms with Crippen LogP contribution in [0.2, 0.25) is 0 Å². The number of aromatic nitrogens is 5. The first-order valence-electron chi connectivity index (χ1n) is 9.29. The van der Waals surface area contributed by atoms with E-state index in [0.29, 0.717) is 24.5 Å². The van der Waals surface area contributed by atoms with Crippen LogP contribution in [0.25, 0.3) is 11.3 Å². The van der Waals surface area contributed by atoms with Crippen LogP contribution < -0.4 is 10.6 Å². The minimum absolute atomic E-state index is 0.0623. The molecule has 1 aliphatic heterocycles. The van der Waals surface area contributed by atoms with E-state index in [-0.39, 0.29) is 17.7 Å². The molecule has 0 aliphatic carbocycles. The molecule has 1 saturated heterocycles. The summed E-state index contributed by atoms with van der Waals surface area (Å²) in [4.78, 5) is 7.86. The third-order valence-electron chi connectivity index (χ3n) is 4.46. The van der Waals surface area contributed by atoms with E-state index in [0.717, 1.165) is 24.2 Å². The Labute approximate surface area is 166 Å². The van der Waals surface area contributed by atoms with Crippen molar-refractivity contribution in [2.75, 3.05) is 25.0 Å². The van der Waals surface area contributed by atoms with Crippen LogP contribution >= 0.6 is 0 Å². The number of nitrogens with zero attached hydrogens (tertiary/aromatic N) is 5. The molecule has 1 aromatic carbocycles. The van der Waals surface area contributed by atoms with Crippen molar-refractivity contribution < 1.29 is 13.5 Å². The van der Waals surface area contributed by atoms with Gasteiger partial charge >= 0.3 is 0 Å². The number of halogens is 2. The standard InChI is InChI=1S/C19H21F2N7O/c1-12-6-13(17-11-28(27-26-17)10-15-9-22-4-5-29-15)8-14(7-12)24-19-23-3-2-16(25-19)18(20)21/h2-3,6-8,11,15,18,22H,4-5,9-10H2,1H3,(H,23,24,25)/t15-/m1/s1. The van der Waals surface area contributed by atoms with Gasteiger partial charge in [0.15, 0.2) is 0 Å². The topological polar surface area (TPSA) is 89.8 Å². The van der Waals surface area contributed by atoms with Crippen molar-refractivity contribution in [3.8, 4) is 11.3 Å². The summed E-state index contributed by atoms with van der Waals surface area (Å²) in [6.07, 6.45) is 0.587. The highest BCUT2D eigenvalue weighted by Gasteiger charge is 2.16. The van der Waals surface area contributed by atoms with E-state index in [9.17, 15) is 8.78 Å². The lowest BCUT2D eigenvalue weighted by molar-refractivity contribution is 0.0158. The van der Waals surface area contributed by atoms with Gasteiger partial charge in [0.05, 0.1) is 25.5 Å². The van der Waals surface area contributed by atoms with Crippen LogP contribution in [-0.4, -0.2) is 50.8 Å². The Hall–Kier alpha value is -2.98. The molecule has 152 valence electrons. The first kappa shape index (κ1) is 19.3. The smallest absolute Gasteiger partial charge is 0.280 e. The van der Waals surface area contributed by atoms with Crippen LogP contribution in [-0.2, 0) is 11.3 Å². The summed E-state index contributed by atoms with van der Waals surface area (Å²) in [5.41, 5.74) is 2.90. The minimum atomic E-state index is -2.65. The lowest BCUT2D eigenvalue weighted by atomic mass is 10.1. The van der Waals surface area contributed by atoms with Gasteiger partial charge in [-0.3, -0.25) is 0 Å². The Bertz CT molecular complexity index is 973. The zero-order valence-electron chi connectivity index (χ0n) is 15.8. The third kappa shape index (κ3) is 4.90. The number of alkyl halides is 2. The average Bonchev–Trinajstić information content (AvgIpc) is 3.17. The van der Waals surface area contributed by atoms with Crippen molar-refractivity contribution >= 4 is 11.6 Å². The maximum absolute atomic E-state index is 12.9. The van der Waals surface area contributed by atoms with E-state index < -0.39 is 6.43 Å². The lowest BCUT2D eigenvalue weighted by Crippen LogP contribution is -2.40. The fourth-order valence-electron chi connectivity index (χ4n) is 3.15. The number of hydrogen-bond acceptors (Lipinski definition) is 7. The van der Waals surface area contributed by atoms with Gasteiger partial charge in [0.25, 0.3) is 6.43 Å². The molecule has 4 rings (SSSR count). The minimum Gasteiger partial charge on any atom is -0.374 e. The number of rotatable bonds is 6. The monoisotopic (exact) mass is 401 g/mol. The van der Waals surface area contributed by atoms with Gasteiger partial charge in [-0.25, -0.2) is 23.4 Å². The molecule has 0 bridgehead atoms. The van der Waals surface area contributed by atoms with Gasteiger partial charge in [0.1, 0.15) is 11.4 Å². The van der Waals surface area contributed by atoms with Crippen molar-refractivity contribution in [3.63, 3.8) is 0 Å². The molecule has 2 N–H and O–H groups in total. The average molecular weight is 401 g/mol. The highest BCUT2D eigenvalue weighted by Crippen LogP contribution is 2.25. The number of nitrogens with one attached hydrogen (secondary N) is 2. The van der Waals surface area contributed by atoms with Crippen LogP contribution in [0.5, 0.6) is 0 Å². The molecule has 1 aliphatic rings. The summed E-state index contributed by atoms with van der Waals surface area (Å²) < 4.78 is 33.2. The Morgan fingerprint density at radius 2 is 2.24 bits per heavy atom. The van der Waals surface area contributed by atoms with Crippen molar-refractivity contribution in [2.45, 2.75) is 26.0 Å². The van der Waals surface area contributed by atoms with E-state index in [1.807, 2.05) is 31.3 Å². The first-order valence-corrected chi connectivity index (χ1v) is 9.29. The molecular formula is C19H21F2N7O. The summed E-state index contributed by atoms with van der Waals surface area (Å²) in [7, 11) is 0. The number of hydrogen-bond donors (Lipinski definition) is 2. The largest absolute Gasteiger partial charge is 0.374 e. The van der Waals surface area contributed by atoms with Gasteiger partial charge in [-0.05, 0) is 36.8 Å². The Kier molecular flexibility index (Phi) is 5.72. The summed E-state index contributed by atoms with van der Waals surface area (Å²) >= 11 is 0. The zero-order chi connectivity index (χ0) is 20.2. The SMILES string of the molecule is Cc1cc(Nc2nccc(C(F)F)n2)cc(-c2cn(C[C@H]3CNCCO3)nn2)c1. The number of anilines is 2.